The zero-order valence-corrected chi connectivity index (χ0v) is 18.8. The zero-order chi connectivity index (χ0) is 22.7. The molecule has 0 saturated carbocycles. The maximum atomic E-state index is 12.8. The first-order chi connectivity index (χ1) is 15.4. The largest absolute Gasteiger partial charge is 0.438 e. The molecule has 32 heavy (non-hydrogen) atoms. The first kappa shape index (κ1) is 21.5. The van der Waals surface area contributed by atoms with Gasteiger partial charge in [0.2, 0.25) is 17.7 Å². The standard InChI is InChI=1S/C24H19BrN4O3/c1-15-10-20(32-24-16(13-26)4-3-9-27-24)7-8-21(15)28-23(31)17-11-22(30)29(14-17)19-6-2-5-18(25)12-19/h2-10,12,17H,11,14H2,1H3,(H,28,31). The number of rotatable bonds is 5. The number of amides is 2. The summed E-state index contributed by atoms with van der Waals surface area (Å²) in [6.45, 7) is 2.18. The van der Waals surface area contributed by atoms with Crippen molar-refractivity contribution >= 4 is 39.1 Å². The molecule has 1 atom stereocenters. The summed E-state index contributed by atoms with van der Waals surface area (Å²) in [5.74, 6) is 0.0101. The summed E-state index contributed by atoms with van der Waals surface area (Å²) >= 11 is 3.41. The molecule has 0 aliphatic carbocycles. The van der Waals surface area contributed by atoms with Crippen molar-refractivity contribution in [1.29, 1.82) is 5.26 Å². The van der Waals surface area contributed by atoms with Crippen molar-refractivity contribution in [3.05, 3.63) is 76.4 Å². The summed E-state index contributed by atoms with van der Waals surface area (Å²) in [6, 6.07) is 18.0. The Morgan fingerprint density at radius 3 is 2.84 bits per heavy atom. The number of nitriles is 1. The van der Waals surface area contributed by atoms with Crippen LogP contribution in [0.4, 0.5) is 11.4 Å². The second kappa shape index (κ2) is 9.20. The van der Waals surface area contributed by atoms with E-state index < -0.39 is 5.92 Å². The highest BCUT2D eigenvalue weighted by molar-refractivity contribution is 9.10. The van der Waals surface area contributed by atoms with E-state index in [1.807, 2.05) is 37.3 Å². The molecule has 1 saturated heterocycles. The molecule has 1 fully saturated rings. The normalized spacial score (nSPS) is 15.3. The van der Waals surface area contributed by atoms with Crippen molar-refractivity contribution in [2.45, 2.75) is 13.3 Å². The average Bonchev–Trinajstić information content (AvgIpc) is 3.18. The molecule has 2 aromatic carbocycles. The quantitative estimate of drug-likeness (QED) is 0.553. The van der Waals surface area contributed by atoms with Gasteiger partial charge in [-0.2, -0.15) is 5.26 Å². The third kappa shape index (κ3) is 4.63. The van der Waals surface area contributed by atoms with Crippen molar-refractivity contribution in [2.75, 3.05) is 16.8 Å². The van der Waals surface area contributed by atoms with E-state index in [4.69, 9.17) is 4.74 Å². The summed E-state index contributed by atoms with van der Waals surface area (Å²) in [4.78, 5) is 31.0. The van der Waals surface area contributed by atoms with Crippen molar-refractivity contribution in [3.63, 3.8) is 0 Å². The van der Waals surface area contributed by atoms with Crippen LogP contribution in [0.15, 0.2) is 65.3 Å². The second-order valence-corrected chi connectivity index (χ2v) is 8.34. The van der Waals surface area contributed by atoms with Crippen LogP contribution in [0.3, 0.4) is 0 Å². The molecule has 160 valence electrons. The fraction of sp³-hybridized carbons (Fsp3) is 0.167. The number of aromatic nitrogens is 1. The molecular weight excluding hydrogens is 472 g/mol. The van der Waals surface area contributed by atoms with Gasteiger partial charge in [0.25, 0.3) is 0 Å². The Morgan fingerprint density at radius 1 is 1.25 bits per heavy atom. The van der Waals surface area contributed by atoms with Crippen LogP contribution in [0.1, 0.15) is 17.5 Å². The molecule has 4 rings (SSSR count). The number of carbonyl (C=O) groups excluding carboxylic acids is 2. The van der Waals surface area contributed by atoms with Gasteiger partial charge in [-0.25, -0.2) is 4.98 Å². The van der Waals surface area contributed by atoms with Gasteiger partial charge >= 0.3 is 0 Å². The van der Waals surface area contributed by atoms with Crippen LogP contribution in [-0.2, 0) is 9.59 Å². The number of carbonyl (C=O) groups is 2. The zero-order valence-electron chi connectivity index (χ0n) is 17.2. The van der Waals surface area contributed by atoms with Crippen LogP contribution in [0.25, 0.3) is 0 Å². The Hall–Kier alpha value is -3.70. The van der Waals surface area contributed by atoms with Gasteiger partial charge < -0.3 is 15.0 Å². The third-order valence-electron chi connectivity index (χ3n) is 5.18. The summed E-state index contributed by atoms with van der Waals surface area (Å²) in [5.41, 5.74) is 2.53. The number of pyridine rings is 1. The van der Waals surface area contributed by atoms with Crippen LogP contribution >= 0.6 is 15.9 Å². The van der Waals surface area contributed by atoms with Crippen LogP contribution < -0.4 is 15.0 Å². The first-order valence-corrected chi connectivity index (χ1v) is 10.7. The predicted octanol–water partition coefficient (Wildman–Crippen LogP) is 4.81. The number of anilines is 2. The fourth-order valence-corrected chi connectivity index (χ4v) is 3.91. The van der Waals surface area contributed by atoms with Crippen LogP contribution in [0, 0.1) is 24.2 Å². The fourth-order valence-electron chi connectivity index (χ4n) is 3.52. The van der Waals surface area contributed by atoms with Gasteiger partial charge in [0.1, 0.15) is 17.4 Å². The van der Waals surface area contributed by atoms with Crippen LogP contribution in [0.2, 0.25) is 0 Å². The number of nitrogens with zero attached hydrogens (tertiary/aromatic N) is 3. The highest BCUT2D eigenvalue weighted by Crippen LogP contribution is 2.30. The molecule has 2 amide bonds. The van der Waals surface area contributed by atoms with Crippen molar-refractivity contribution in [1.82, 2.24) is 4.98 Å². The van der Waals surface area contributed by atoms with E-state index in [9.17, 15) is 14.9 Å². The molecule has 0 bridgehead atoms. The number of hydrogen-bond acceptors (Lipinski definition) is 5. The van der Waals surface area contributed by atoms with E-state index in [0.717, 1.165) is 15.7 Å². The van der Waals surface area contributed by atoms with Gasteiger partial charge in [-0.05, 0) is 61.0 Å². The molecule has 7 nitrogen and oxygen atoms in total. The summed E-state index contributed by atoms with van der Waals surface area (Å²) < 4.78 is 6.60. The van der Waals surface area contributed by atoms with E-state index in [1.165, 1.54) is 0 Å². The molecule has 1 N–H and O–H groups in total. The lowest BCUT2D eigenvalue weighted by Crippen LogP contribution is -2.28. The third-order valence-corrected chi connectivity index (χ3v) is 5.67. The van der Waals surface area contributed by atoms with E-state index in [1.54, 1.807) is 41.4 Å². The Kier molecular flexibility index (Phi) is 6.19. The number of halogens is 1. The molecule has 1 aliphatic rings. The smallest absolute Gasteiger partial charge is 0.237 e. The average molecular weight is 491 g/mol. The molecule has 1 aliphatic heterocycles. The lowest BCUT2D eigenvalue weighted by Gasteiger charge is -2.17. The molecule has 1 aromatic heterocycles. The van der Waals surface area contributed by atoms with Crippen molar-refractivity contribution < 1.29 is 14.3 Å². The van der Waals surface area contributed by atoms with E-state index in [2.05, 4.69) is 26.2 Å². The van der Waals surface area contributed by atoms with Crippen LogP contribution in [0.5, 0.6) is 11.6 Å². The molecule has 8 heteroatoms. The second-order valence-electron chi connectivity index (χ2n) is 7.42. The van der Waals surface area contributed by atoms with E-state index >= 15 is 0 Å². The number of ether oxygens (including phenoxy) is 1. The van der Waals surface area contributed by atoms with Gasteiger partial charge in [0.15, 0.2) is 0 Å². The molecular formula is C24H19BrN4O3. The molecule has 3 aromatic rings. The maximum absolute atomic E-state index is 12.8. The monoisotopic (exact) mass is 490 g/mol. The highest BCUT2D eigenvalue weighted by atomic mass is 79.9. The minimum Gasteiger partial charge on any atom is -0.438 e. The summed E-state index contributed by atoms with van der Waals surface area (Å²) in [7, 11) is 0. The Balaban J connectivity index is 1.43. The highest BCUT2D eigenvalue weighted by Gasteiger charge is 2.35. The molecule has 0 radical (unpaired) electrons. The predicted molar refractivity (Wildman–Crippen MR) is 123 cm³/mol. The van der Waals surface area contributed by atoms with E-state index in [0.29, 0.717) is 23.5 Å². The topological polar surface area (TPSA) is 95.3 Å². The molecule has 1 unspecified atom stereocenters. The number of aryl methyl sites for hydroxylation is 1. The SMILES string of the molecule is Cc1cc(Oc2ncccc2C#N)ccc1NC(=O)C1CC(=O)N(c2cccc(Br)c2)C1. The summed E-state index contributed by atoms with van der Waals surface area (Å²) in [5, 5.41) is 12.1. The Morgan fingerprint density at radius 2 is 2.09 bits per heavy atom. The minimum absolute atomic E-state index is 0.0765. The molecule has 2 heterocycles. The number of hydrogen-bond donors (Lipinski definition) is 1. The van der Waals surface area contributed by atoms with Crippen molar-refractivity contribution in [3.8, 4) is 17.7 Å². The summed E-state index contributed by atoms with van der Waals surface area (Å²) in [6.07, 6.45) is 1.72. The van der Waals surface area contributed by atoms with Gasteiger partial charge in [-0.3, -0.25) is 9.59 Å². The van der Waals surface area contributed by atoms with Crippen molar-refractivity contribution in [2.24, 2.45) is 5.92 Å². The van der Waals surface area contributed by atoms with E-state index in [-0.39, 0.29) is 24.1 Å². The first-order valence-electron chi connectivity index (χ1n) is 9.95. The molecule has 0 spiro atoms. The Bertz CT molecular complexity index is 1240. The van der Waals surface area contributed by atoms with Gasteiger partial charge in [0, 0.05) is 35.0 Å². The van der Waals surface area contributed by atoms with Crippen LogP contribution in [-0.4, -0.2) is 23.3 Å². The maximum Gasteiger partial charge on any atom is 0.237 e. The lowest BCUT2D eigenvalue weighted by molar-refractivity contribution is -0.122. The lowest BCUT2D eigenvalue weighted by atomic mass is 10.1. The van der Waals surface area contributed by atoms with Gasteiger partial charge in [-0.15, -0.1) is 0 Å². The Labute approximate surface area is 193 Å². The number of nitrogens with one attached hydrogen (secondary N) is 1. The number of benzene rings is 2. The van der Waals surface area contributed by atoms with Gasteiger partial charge in [0.05, 0.1) is 5.92 Å². The minimum atomic E-state index is -0.441. The van der Waals surface area contributed by atoms with Gasteiger partial charge in [-0.1, -0.05) is 22.0 Å².